The van der Waals surface area contributed by atoms with Crippen LogP contribution in [0, 0.1) is 0 Å². The molecule has 0 fully saturated rings. The summed E-state index contributed by atoms with van der Waals surface area (Å²) < 4.78 is 11.1. The highest BCUT2D eigenvalue weighted by Gasteiger charge is 2.38. The maximum Gasteiger partial charge on any atom is 0.225 e. The molecule has 0 saturated heterocycles. The molecule has 1 aliphatic heterocycles. The predicted molar refractivity (Wildman–Crippen MR) is 120 cm³/mol. The molecule has 1 aliphatic carbocycles. The highest BCUT2D eigenvalue weighted by molar-refractivity contribution is 6.42. The van der Waals surface area contributed by atoms with Gasteiger partial charge in [0.1, 0.15) is 0 Å². The molecule has 0 radical (unpaired) electrons. The number of hydrogen-bond acceptors (Lipinski definition) is 4. The number of ether oxygens (including phenoxy) is 2. The Kier molecular flexibility index (Phi) is 6.26. The van der Waals surface area contributed by atoms with E-state index in [2.05, 4.69) is 5.32 Å². The highest BCUT2D eigenvalue weighted by Crippen LogP contribution is 2.44. The number of methoxy groups -OCH3 is 1. The van der Waals surface area contributed by atoms with E-state index < -0.39 is 0 Å². The van der Waals surface area contributed by atoms with Gasteiger partial charge < -0.3 is 14.8 Å². The lowest BCUT2D eigenvalue weighted by atomic mass is 9.73. The molecule has 2 aromatic rings. The Labute approximate surface area is 191 Å². The molecule has 5 nitrogen and oxygen atoms in total. The van der Waals surface area contributed by atoms with Crippen molar-refractivity contribution in [3.63, 3.8) is 0 Å². The normalized spacial score (nSPS) is 20.9. The minimum Gasteiger partial charge on any atom is -0.493 e. The van der Waals surface area contributed by atoms with Gasteiger partial charge in [-0.3, -0.25) is 9.59 Å². The van der Waals surface area contributed by atoms with Crippen LogP contribution >= 0.6 is 23.2 Å². The Hall–Kier alpha value is -2.50. The Bertz CT molecular complexity index is 1080. The zero-order valence-corrected chi connectivity index (χ0v) is 18.8. The zero-order chi connectivity index (χ0) is 22.1. The van der Waals surface area contributed by atoms with Gasteiger partial charge >= 0.3 is 0 Å². The Morgan fingerprint density at radius 3 is 2.45 bits per heavy atom. The molecule has 162 valence electrons. The Morgan fingerprint density at radius 2 is 1.74 bits per heavy atom. The van der Waals surface area contributed by atoms with Crippen molar-refractivity contribution in [2.24, 2.45) is 0 Å². The van der Waals surface area contributed by atoms with Crippen molar-refractivity contribution in [2.45, 2.75) is 38.0 Å². The Balaban J connectivity index is 1.68. The molecular formula is C24H23Cl2NO4. The van der Waals surface area contributed by atoms with Crippen molar-refractivity contribution >= 4 is 34.9 Å². The van der Waals surface area contributed by atoms with Gasteiger partial charge in [0.05, 0.1) is 23.8 Å². The van der Waals surface area contributed by atoms with E-state index in [0.29, 0.717) is 52.3 Å². The third kappa shape index (κ3) is 4.30. The van der Waals surface area contributed by atoms with Crippen LogP contribution in [-0.4, -0.2) is 25.4 Å². The second kappa shape index (κ2) is 8.93. The lowest BCUT2D eigenvalue weighted by molar-refractivity contribution is -0.122. The first-order valence-electron chi connectivity index (χ1n) is 10.2. The smallest absolute Gasteiger partial charge is 0.225 e. The standard InChI is InChI=1S/C24H23Cl2NO4/c1-3-31-21-7-5-13(11-22(21)30-2)15-9-19-24(20(28)10-15)16(12-23(29)27-19)14-4-6-17(25)18(26)8-14/h4-8,11,15-16H,3,9-10,12H2,1-2H3,(H,27,29). The van der Waals surface area contributed by atoms with Crippen LogP contribution in [0.2, 0.25) is 10.0 Å². The van der Waals surface area contributed by atoms with E-state index in [1.807, 2.05) is 31.2 Å². The van der Waals surface area contributed by atoms with Crippen molar-refractivity contribution < 1.29 is 19.1 Å². The van der Waals surface area contributed by atoms with E-state index in [-0.39, 0.29) is 29.9 Å². The number of halogens is 2. The van der Waals surface area contributed by atoms with Gasteiger partial charge in [0.15, 0.2) is 17.3 Å². The van der Waals surface area contributed by atoms with Gasteiger partial charge in [-0.1, -0.05) is 35.3 Å². The molecule has 7 heteroatoms. The minimum absolute atomic E-state index is 0.0372. The number of hydrogen-bond donors (Lipinski definition) is 1. The number of Topliss-reactive ketones (excluding diaryl/α,β-unsaturated/α-hetero) is 1. The van der Waals surface area contributed by atoms with Gasteiger partial charge in [0.2, 0.25) is 5.91 Å². The van der Waals surface area contributed by atoms with Crippen LogP contribution < -0.4 is 14.8 Å². The average molecular weight is 460 g/mol. The molecular weight excluding hydrogens is 437 g/mol. The van der Waals surface area contributed by atoms with Crippen LogP contribution in [0.3, 0.4) is 0 Å². The summed E-state index contributed by atoms with van der Waals surface area (Å²) in [6, 6.07) is 11.0. The first kappa shape index (κ1) is 21.7. The van der Waals surface area contributed by atoms with Crippen LogP contribution in [0.4, 0.5) is 0 Å². The number of carbonyl (C=O) groups is 2. The highest BCUT2D eigenvalue weighted by atomic mass is 35.5. The van der Waals surface area contributed by atoms with Gasteiger partial charge in [-0.05, 0) is 54.7 Å². The molecule has 2 atom stereocenters. The molecule has 4 rings (SSSR count). The molecule has 2 aliphatic rings. The number of nitrogens with one attached hydrogen (secondary N) is 1. The van der Waals surface area contributed by atoms with Crippen molar-refractivity contribution in [2.75, 3.05) is 13.7 Å². The third-order valence-corrected chi connectivity index (χ3v) is 6.58. The van der Waals surface area contributed by atoms with Crippen LogP contribution in [0.25, 0.3) is 0 Å². The topological polar surface area (TPSA) is 64.6 Å². The van der Waals surface area contributed by atoms with Gasteiger partial charge in [0.25, 0.3) is 0 Å². The summed E-state index contributed by atoms with van der Waals surface area (Å²) in [6.45, 7) is 2.45. The number of amides is 1. The molecule has 31 heavy (non-hydrogen) atoms. The number of rotatable bonds is 5. The monoisotopic (exact) mass is 459 g/mol. The summed E-state index contributed by atoms with van der Waals surface area (Å²) in [7, 11) is 1.59. The second-order valence-electron chi connectivity index (χ2n) is 7.74. The maximum atomic E-state index is 13.3. The summed E-state index contributed by atoms with van der Waals surface area (Å²) in [5, 5.41) is 3.80. The largest absolute Gasteiger partial charge is 0.493 e. The van der Waals surface area contributed by atoms with E-state index in [9.17, 15) is 9.59 Å². The maximum absolute atomic E-state index is 13.3. The first-order valence-corrected chi connectivity index (χ1v) is 11.0. The predicted octanol–water partition coefficient (Wildman–Crippen LogP) is 5.41. The minimum atomic E-state index is -0.318. The quantitative estimate of drug-likeness (QED) is 0.649. The van der Waals surface area contributed by atoms with Crippen molar-refractivity contribution in [3.05, 3.63) is 68.8 Å². The van der Waals surface area contributed by atoms with Crippen LogP contribution in [0.5, 0.6) is 11.5 Å². The summed E-state index contributed by atoms with van der Waals surface area (Å²) in [5.74, 6) is 0.864. The lowest BCUT2D eigenvalue weighted by Gasteiger charge is -2.34. The molecule has 0 aromatic heterocycles. The number of allylic oxidation sites excluding steroid dienone is 2. The zero-order valence-electron chi connectivity index (χ0n) is 17.3. The van der Waals surface area contributed by atoms with Gasteiger partial charge in [-0.25, -0.2) is 0 Å². The molecule has 2 aromatic carbocycles. The van der Waals surface area contributed by atoms with Crippen molar-refractivity contribution in [3.8, 4) is 11.5 Å². The molecule has 1 N–H and O–H groups in total. The fourth-order valence-corrected chi connectivity index (χ4v) is 4.73. The molecule has 2 unspecified atom stereocenters. The van der Waals surface area contributed by atoms with E-state index >= 15 is 0 Å². The summed E-state index contributed by atoms with van der Waals surface area (Å²) in [6.07, 6.45) is 1.15. The first-order chi connectivity index (χ1) is 14.9. The van der Waals surface area contributed by atoms with Gasteiger partial charge in [-0.15, -0.1) is 0 Å². The molecule has 0 bridgehead atoms. The summed E-state index contributed by atoms with van der Waals surface area (Å²) >= 11 is 12.2. The van der Waals surface area contributed by atoms with Crippen molar-refractivity contribution in [1.82, 2.24) is 5.32 Å². The number of carbonyl (C=O) groups excluding carboxylic acids is 2. The van der Waals surface area contributed by atoms with Crippen LogP contribution in [0.15, 0.2) is 47.7 Å². The van der Waals surface area contributed by atoms with E-state index in [0.717, 1.165) is 11.1 Å². The molecule has 0 saturated carbocycles. The Morgan fingerprint density at radius 1 is 0.968 bits per heavy atom. The van der Waals surface area contributed by atoms with E-state index in [4.69, 9.17) is 32.7 Å². The van der Waals surface area contributed by atoms with Crippen LogP contribution in [-0.2, 0) is 9.59 Å². The fraction of sp³-hybridized carbons (Fsp3) is 0.333. The van der Waals surface area contributed by atoms with Gasteiger partial charge in [-0.2, -0.15) is 0 Å². The number of ketones is 1. The molecule has 1 amide bonds. The van der Waals surface area contributed by atoms with Crippen LogP contribution in [0.1, 0.15) is 49.1 Å². The summed E-state index contributed by atoms with van der Waals surface area (Å²) in [5.41, 5.74) is 3.17. The third-order valence-electron chi connectivity index (χ3n) is 5.84. The average Bonchev–Trinajstić information content (AvgIpc) is 2.75. The van der Waals surface area contributed by atoms with E-state index in [1.54, 1.807) is 19.2 Å². The second-order valence-corrected chi connectivity index (χ2v) is 8.56. The lowest BCUT2D eigenvalue weighted by Crippen LogP contribution is -2.38. The SMILES string of the molecule is CCOc1ccc(C2CC(=O)C3=C(C2)NC(=O)CC3c2ccc(Cl)c(Cl)c2)cc1OC. The summed E-state index contributed by atoms with van der Waals surface area (Å²) in [4.78, 5) is 25.7. The van der Waals surface area contributed by atoms with Gasteiger partial charge in [0, 0.05) is 30.0 Å². The molecule has 1 heterocycles. The molecule has 0 spiro atoms. The van der Waals surface area contributed by atoms with E-state index in [1.165, 1.54) is 0 Å². The van der Waals surface area contributed by atoms with Crippen molar-refractivity contribution in [1.29, 1.82) is 0 Å². The fourth-order valence-electron chi connectivity index (χ4n) is 4.42. The number of benzene rings is 2.